The number of rotatable bonds is 0. The van der Waals surface area contributed by atoms with Crippen molar-refractivity contribution in [3.8, 4) is 0 Å². The molecular formula is C11H6N2O2S. The molecular weight excluding hydrogens is 224 g/mol. The van der Waals surface area contributed by atoms with Gasteiger partial charge in [0.1, 0.15) is 10.6 Å². The zero-order valence-corrected chi connectivity index (χ0v) is 8.88. The van der Waals surface area contributed by atoms with Gasteiger partial charge in [-0.2, -0.15) is 0 Å². The van der Waals surface area contributed by atoms with Crippen LogP contribution in [0.25, 0.3) is 0 Å². The van der Waals surface area contributed by atoms with Crippen molar-refractivity contribution in [3.05, 3.63) is 46.0 Å². The minimum atomic E-state index is -0.224. The minimum Gasteiger partial charge on any atom is -0.375 e. The molecule has 0 fully saturated rings. The van der Waals surface area contributed by atoms with Crippen molar-refractivity contribution in [1.82, 2.24) is 4.98 Å². The molecule has 2 N–H and O–H groups in total. The minimum absolute atomic E-state index is 0.167. The molecule has 0 spiro atoms. The summed E-state index contributed by atoms with van der Waals surface area (Å²) in [4.78, 5) is 28.3. The first-order valence-electron chi connectivity index (χ1n) is 4.63. The lowest BCUT2D eigenvalue weighted by atomic mass is 9.91. The maximum absolute atomic E-state index is 12.0. The standard InChI is InChI=1S/C11H6N2O2S/c12-11-13-7-8(14)5-3-1-2-4-6(5)9(15)10(7)16-11/h1-4H,(H2,12,13). The quantitative estimate of drug-likeness (QED) is 0.635. The van der Waals surface area contributed by atoms with Crippen molar-refractivity contribution in [2.75, 3.05) is 5.73 Å². The van der Waals surface area contributed by atoms with Crippen LogP contribution in [-0.4, -0.2) is 16.6 Å². The maximum atomic E-state index is 12.0. The Kier molecular flexibility index (Phi) is 1.73. The summed E-state index contributed by atoms with van der Waals surface area (Å²) in [6.07, 6.45) is 0. The van der Waals surface area contributed by atoms with Gasteiger partial charge in [0.15, 0.2) is 5.13 Å². The zero-order valence-electron chi connectivity index (χ0n) is 8.06. The van der Waals surface area contributed by atoms with Crippen LogP contribution >= 0.6 is 11.3 Å². The lowest BCUT2D eigenvalue weighted by Crippen LogP contribution is -2.19. The van der Waals surface area contributed by atoms with E-state index in [2.05, 4.69) is 4.98 Å². The molecule has 16 heavy (non-hydrogen) atoms. The van der Waals surface area contributed by atoms with Gasteiger partial charge in [0.05, 0.1) is 0 Å². The monoisotopic (exact) mass is 230 g/mol. The van der Waals surface area contributed by atoms with Gasteiger partial charge >= 0.3 is 0 Å². The van der Waals surface area contributed by atoms with E-state index in [1.165, 1.54) is 0 Å². The van der Waals surface area contributed by atoms with Crippen molar-refractivity contribution in [1.29, 1.82) is 0 Å². The van der Waals surface area contributed by atoms with Crippen LogP contribution in [0.2, 0.25) is 0 Å². The van der Waals surface area contributed by atoms with Gasteiger partial charge in [-0.15, -0.1) is 0 Å². The molecule has 0 bridgehead atoms. The molecule has 1 heterocycles. The summed E-state index contributed by atoms with van der Waals surface area (Å²) >= 11 is 1.06. The summed E-state index contributed by atoms with van der Waals surface area (Å²) in [6.45, 7) is 0. The predicted octanol–water partition coefficient (Wildman–Crippen LogP) is 1.50. The van der Waals surface area contributed by atoms with Crippen molar-refractivity contribution in [3.63, 3.8) is 0 Å². The van der Waals surface area contributed by atoms with Gasteiger partial charge in [0, 0.05) is 11.1 Å². The number of anilines is 1. The third-order valence-corrected chi connectivity index (χ3v) is 3.36. The second-order valence-corrected chi connectivity index (χ2v) is 4.46. The van der Waals surface area contributed by atoms with Gasteiger partial charge in [-0.3, -0.25) is 9.59 Å². The molecule has 2 aromatic rings. The van der Waals surface area contributed by atoms with Crippen LogP contribution < -0.4 is 5.73 Å². The fraction of sp³-hybridized carbons (Fsp3) is 0. The molecule has 1 aromatic heterocycles. The van der Waals surface area contributed by atoms with Crippen molar-refractivity contribution in [2.24, 2.45) is 0 Å². The van der Waals surface area contributed by atoms with E-state index >= 15 is 0 Å². The van der Waals surface area contributed by atoms with Crippen LogP contribution in [0.1, 0.15) is 31.3 Å². The fourth-order valence-electron chi connectivity index (χ4n) is 1.77. The van der Waals surface area contributed by atoms with Crippen LogP contribution in [0.3, 0.4) is 0 Å². The molecule has 0 aliphatic heterocycles. The second-order valence-electron chi connectivity index (χ2n) is 3.43. The number of hydrogen-bond acceptors (Lipinski definition) is 5. The Morgan fingerprint density at radius 3 is 2.38 bits per heavy atom. The van der Waals surface area contributed by atoms with Gasteiger partial charge < -0.3 is 5.73 Å². The largest absolute Gasteiger partial charge is 0.375 e. The molecule has 0 saturated heterocycles. The van der Waals surface area contributed by atoms with Gasteiger partial charge in [-0.05, 0) is 0 Å². The fourth-order valence-corrected chi connectivity index (χ4v) is 2.56. The number of thiazole rings is 1. The van der Waals surface area contributed by atoms with E-state index in [0.29, 0.717) is 16.0 Å². The van der Waals surface area contributed by atoms with Crippen LogP contribution in [-0.2, 0) is 0 Å². The van der Waals surface area contributed by atoms with Crippen LogP contribution in [0.4, 0.5) is 5.13 Å². The van der Waals surface area contributed by atoms with E-state index in [-0.39, 0.29) is 22.4 Å². The number of nitrogen functional groups attached to an aromatic ring is 1. The Morgan fingerprint density at radius 1 is 1.06 bits per heavy atom. The maximum Gasteiger partial charge on any atom is 0.213 e. The molecule has 0 atom stereocenters. The van der Waals surface area contributed by atoms with E-state index in [9.17, 15) is 9.59 Å². The average molecular weight is 230 g/mol. The van der Waals surface area contributed by atoms with E-state index in [1.54, 1.807) is 24.3 Å². The number of aromatic nitrogens is 1. The normalized spacial score (nSPS) is 13.5. The Bertz CT molecular complexity index is 578. The van der Waals surface area contributed by atoms with E-state index < -0.39 is 0 Å². The topological polar surface area (TPSA) is 73.0 Å². The first kappa shape index (κ1) is 9.23. The smallest absolute Gasteiger partial charge is 0.213 e. The SMILES string of the molecule is Nc1nc2c(s1)C(=O)c1ccccc1C2=O. The number of benzene rings is 1. The highest BCUT2D eigenvalue weighted by Crippen LogP contribution is 2.31. The van der Waals surface area contributed by atoms with Gasteiger partial charge in [0.2, 0.25) is 11.6 Å². The first-order valence-corrected chi connectivity index (χ1v) is 5.45. The summed E-state index contributed by atoms with van der Waals surface area (Å²) in [5, 5.41) is 0.250. The van der Waals surface area contributed by atoms with Crippen LogP contribution in [0.5, 0.6) is 0 Å². The number of ketones is 2. The Balaban J connectivity index is 2.34. The number of hydrogen-bond donors (Lipinski definition) is 1. The predicted molar refractivity (Wildman–Crippen MR) is 59.8 cm³/mol. The van der Waals surface area contributed by atoms with Gasteiger partial charge in [-0.25, -0.2) is 4.98 Å². The molecule has 0 unspecified atom stereocenters. The van der Waals surface area contributed by atoms with E-state index in [4.69, 9.17) is 5.73 Å². The summed E-state index contributed by atoms with van der Waals surface area (Å²) < 4.78 is 0. The third-order valence-electron chi connectivity index (χ3n) is 2.48. The Morgan fingerprint density at radius 2 is 1.69 bits per heavy atom. The first-order chi connectivity index (χ1) is 7.68. The lowest BCUT2D eigenvalue weighted by molar-refractivity contribution is 0.0979. The molecule has 0 radical (unpaired) electrons. The highest BCUT2D eigenvalue weighted by Gasteiger charge is 2.32. The van der Waals surface area contributed by atoms with Crippen molar-refractivity contribution in [2.45, 2.75) is 0 Å². The molecule has 0 saturated carbocycles. The molecule has 5 heteroatoms. The summed E-state index contributed by atoms with van der Waals surface area (Å²) in [6, 6.07) is 6.74. The Hall–Kier alpha value is -2.01. The number of carbonyl (C=O) groups excluding carboxylic acids is 2. The van der Waals surface area contributed by atoms with Gasteiger partial charge in [-0.1, -0.05) is 35.6 Å². The van der Waals surface area contributed by atoms with Crippen molar-refractivity contribution < 1.29 is 9.59 Å². The molecule has 1 aliphatic carbocycles. The van der Waals surface area contributed by atoms with Crippen LogP contribution in [0, 0.1) is 0 Å². The molecule has 4 nitrogen and oxygen atoms in total. The third kappa shape index (κ3) is 1.06. The Labute approximate surface area is 94.7 Å². The lowest BCUT2D eigenvalue weighted by Gasteiger charge is -2.11. The highest BCUT2D eigenvalue weighted by atomic mass is 32.1. The second kappa shape index (κ2) is 2.99. The number of carbonyl (C=O) groups is 2. The molecule has 0 amide bonds. The number of nitrogens with zero attached hydrogens (tertiary/aromatic N) is 1. The highest BCUT2D eigenvalue weighted by molar-refractivity contribution is 7.18. The molecule has 1 aromatic carbocycles. The van der Waals surface area contributed by atoms with E-state index in [0.717, 1.165) is 11.3 Å². The number of fused-ring (bicyclic) bond motifs is 2. The van der Waals surface area contributed by atoms with E-state index in [1.807, 2.05) is 0 Å². The number of nitrogens with two attached hydrogens (primary N) is 1. The molecule has 1 aliphatic rings. The summed E-state index contributed by atoms with van der Waals surface area (Å²) in [5.41, 5.74) is 6.55. The zero-order chi connectivity index (χ0) is 11.3. The summed E-state index contributed by atoms with van der Waals surface area (Å²) in [7, 11) is 0. The van der Waals surface area contributed by atoms with Gasteiger partial charge in [0.25, 0.3) is 0 Å². The average Bonchev–Trinajstić information content (AvgIpc) is 2.68. The molecule has 3 rings (SSSR count). The van der Waals surface area contributed by atoms with Crippen molar-refractivity contribution >= 4 is 28.0 Å². The summed E-state index contributed by atoms with van der Waals surface area (Å²) in [5.74, 6) is -0.391. The van der Waals surface area contributed by atoms with Crippen LogP contribution in [0.15, 0.2) is 24.3 Å². The molecule has 78 valence electrons.